The Kier molecular flexibility index (Phi) is 6.40. The number of nitrogens with zero attached hydrogens (tertiary/aromatic N) is 1. The number of nitrogens with one attached hydrogen (secondary N) is 1. The van der Waals surface area contributed by atoms with E-state index >= 15 is 0 Å². The van der Waals surface area contributed by atoms with Gasteiger partial charge >= 0.3 is 0 Å². The van der Waals surface area contributed by atoms with Crippen LogP contribution in [0.3, 0.4) is 0 Å². The lowest BCUT2D eigenvalue weighted by Crippen LogP contribution is -2.35. The number of halogens is 2. The van der Waals surface area contributed by atoms with Gasteiger partial charge in [0, 0.05) is 24.0 Å². The van der Waals surface area contributed by atoms with Crippen LogP contribution in [0.1, 0.15) is 37.9 Å². The summed E-state index contributed by atoms with van der Waals surface area (Å²) in [5.74, 6) is 0.872. The van der Waals surface area contributed by atoms with Gasteiger partial charge < -0.3 is 9.73 Å². The fraction of sp³-hybridized carbons (Fsp3) is 0.421. The molecule has 0 aliphatic heterocycles. The average Bonchev–Trinajstić information content (AvgIpc) is 3.28. The van der Waals surface area contributed by atoms with Crippen LogP contribution in [-0.2, 0) is 11.3 Å². The molecular weight excluding hydrogens is 359 g/mol. The molecular formula is C19H22Cl2N2O2. The van der Waals surface area contributed by atoms with Crippen LogP contribution in [0.5, 0.6) is 0 Å². The summed E-state index contributed by atoms with van der Waals surface area (Å²) in [6, 6.07) is 9.45. The van der Waals surface area contributed by atoms with Crippen molar-refractivity contribution in [1.29, 1.82) is 0 Å². The Balaban J connectivity index is 1.58. The molecule has 0 spiro atoms. The molecule has 3 rings (SSSR count). The Bertz CT molecular complexity index is 697. The van der Waals surface area contributed by atoms with Gasteiger partial charge in [0.05, 0.1) is 23.5 Å². The monoisotopic (exact) mass is 380 g/mol. The Hall–Kier alpha value is -1.49. The first-order chi connectivity index (χ1) is 12.1. The van der Waals surface area contributed by atoms with E-state index in [2.05, 4.69) is 10.2 Å². The summed E-state index contributed by atoms with van der Waals surface area (Å²) in [4.78, 5) is 14.7. The van der Waals surface area contributed by atoms with Gasteiger partial charge in [0.2, 0.25) is 5.91 Å². The number of carbonyl (C=O) groups is 1. The van der Waals surface area contributed by atoms with Gasteiger partial charge in [0.1, 0.15) is 5.76 Å². The van der Waals surface area contributed by atoms with Crippen molar-refractivity contribution in [3.05, 3.63) is 52.4 Å². The molecule has 1 heterocycles. The molecule has 1 aliphatic carbocycles. The van der Waals surface area contributed by atoms with Gasteiger partial charge in [-0.3, -0.25) is 9.69 Å². The smallest absolute Gasteiger partial charge is 0.225 e. The van der Waals surface area contributed by atoms with Gasteiger partial charge in [-0.2, -0.15) is 0 Å². The maximum absolute atomic E-state index is 12.3. The highest BCUT2D eigenvalue weighted by Gasteiger charge is 2.24. The minimum absolute atomic E-state index is 0.0633. The molecule has 0 saturated heterocycles. The van der Waals surface area contributed by atoms with Gasteiger partial charge in [-0.15, -0.1) is 0 Å². The summed E-state index contributed by atoms with van der Waals surface area (Å²) in [5.41, 5.74) is 0.553. The second-order valence-corrected chi connectivity index (χ2v) is 7.25. The van der Waals surface area contributed by atoms with Crippen molar-refractivity contribution >= 4 is 34.8 Å². The number of anilines is 1. The molecule has 4 nitrogen and oxygen atoms in total. The fourth-order valence-electron chi connectivity index (χ4n) is 3.31. The van der Waals surface area contributed by atoms with Gasteiger partial charge in [-0.05, 0) is 43.2 Å². The number of hydrogen-bond donors (Lipinski definition) is 1. The van der Waals surface area contributed by atoms with Crippen LogP contribution >= 0.6 is 23.2 Å². The van der Waals surface area contributed by atoms with Crippen LogP contribution in [0.2, 0.25) is 10.0 Å². The van der Waals surface area contributed by atoms with Crippen LogP contribution in [0, 0.1) is 0 Å². The maximum Gasteiger partial charge on any atom is 0.225 e. The molecule has 1 aromatic carbocycles. The molecule has 0 unspecified atom stereocenters. The molecule has 2 aromatic rings. The van der Waals surface area contributed by atoms with E-state index in [1.807, 2.05) is 12.1 Å². The van der Waals surface area contributed by atoms with Crippen molar-refractivity contribution in [2.45, 2.75) is 44.7 Å². The molecule has 1 fully saturated rings. The van der Waals surface area contributed by atoms with E-state index in [-0.39, 0.29) is 5.91 Å². The molecule has 0 atom stereocenters. The zero-order valence-electron chi connectivity index (χ0n) is 14.0. The first-order valence-corrected chi connectivity index (χ1v) is 9.39. The highest BCUT2D eigenvalue weighted by Crippen LogP contribution is 2.27. The average molecular weight is 381 g/mol. The molecule has 134 valence electrons. The summed E-state index contributed by atoms with van der Waals surface area (Å²) in [6.07, 6.45) is 6.97. The third-order valence-electron chi connectivity index (χ3n) is 4.61. The molecule has 1 aromatic heterocycles. The maximum atomic E-state index is 12.3. The number of amides is 1. The van der Waals surface area contributed by atoms with Crippen molar-refractivity contribution < 1.29 is 9.21 Å². The molecule has 25 heavy (non-hydrogen) atoms. The quantitative estimate of drug-likeness (QED) is 0.702. The Morgan fingerprint density at radius 3 is 2.76 bits per heavy atom. The van der Waals surface area contributed by atoms with Gasteiger partial charge in [-0.25, -0.2) is 0 Å². The molecule has 1 aliphatic rings. The first kappa shape index (κ1) is 18.3. The summed E-state index contributed by atoms with van der Waals surface area (Å²) >= 11 is 12.1. The van der Waals surface area contributed by atoms with E-state index in [4.69, 9.17) is 27.6 Å². The number of benzene rings is 1. The predicted octanol–water partition coefficient (Wildman–Crippen LogP) is 5.36. The van der Waals surface area contributed by atoms with Crippen LogP contribution in [0.25, 0.3) is 0 Å². The number of hydrogen-bond acceptors (Lipinski definition) is 3. The number of carbonyl (C=O) groups excluding carboxylic acids is 1. The van der Waals surface area contributed by atoms with Gasteiger partial charge in [0.15, 0.2) is 0 Å². The second-order valence-electron chi connectivity index (χ2n) is 6.41. The van der Waals surface area contributed by atoms with Crippen molar-refractivity contribution in [2.75, 3.05) is 11.9 Å². The summed E-state index contributed by atoms with van der Waals surface area (Å²) in [5, 5.41) is 3.88. The van der Waals surface area contributed by atoms with Crippen LogP contribution < -0.4 is 5.32 Å². The normalized spacial score (nSPS) is 15.0. The largest absolute Gasteiger partial charge is 0.468 e. The zero-order valence-corrected chi connectivity index (χ0v) is 15.5. The fourth-order valence-corrected chi connectivity index (χ4v) is 3.65. The topological polar surface area (TPSA) is 45.5 Å². The highest BCUT2D eigenvalue weighted by molar-refractivity contribution is 6.35. The Morgan fingerprint density at radius 2 is 2.04 bits per heavy atom. The van der Waals surface area contributed by atoms with E-state index in [0.29, 0.717) is 34.7 Å². The van der Waals surface area contributed by atoms with Crippen molar-refractivity contribution in [2.24, 2.45) is 0 Å². The predicted molar refractivity (Wildman–Crippen MR) is 101 cm³/mol. The molecule has 1 saturated carbocycles. The van der Waals surface area contributed by atoms with Gasteiger partial charge in [-0.1, -0.05) is 36.0 Å². The highest BCUT2D eigenvalue weighted by atomic mass is 35.5. The minimum Gasteiger partial charge on any atom is -0.468 e. The van der Waals surface area contributed by atoms with Crippen molar-refractivity contribution in [3.63, 3.8) is 0 Å². The van der Waals surface area contributed by atoms with Crippen LogP contribution in [-0.4, -0.2) is 23.4 Å². The summed E-state index contributed by atoms with van der Waals surface area (Å²) in [6.45, 7) is 1.43. The minimum atomic E-state index is -0.0633. The lowest BCUT2D eigenvalue weighted by molar-refractivity contribution is -0.116. The van der Waals surface area contributed by atoms with Gasteiger partial charge in [0.25, 0.3) is 0 Å². The molecule has 6 heteroatoms. The van der Waals surface area contributed by atoms with Crippen LogP contribution in [0.4, 0.5) is 5.69 Å². The zero-order chi connectivity index (χ0) is 17.6. The number of furan rings is 1. The first-order valence-electron chi connectivity index (χ1n) is 8.63. The van der Waals surface area contributed by atoms with E-state index < -0.39 is 0 Å². The van der Waals surface area contributed by atoms with E-state index in [0.717, 1.165) is 12.3 Å². The van der Waals surface area contributed by atoms with E-state index in [9.17, 15) is 4.79 Å². The summed E-state index contributed by atoms with van der Waals surface area (Å²) in [7, 11) is 0. The Labute approximate surface area is 158 Å². The van der Waals surface area contributed by atoms with Crippen molar-refractivity contribution in [3.8, 4) is 0 Å². The van der Waals surface area contributed by atoms with E-state index in [1.54, 1.807) is 24.5 Å². The lowest BCUT2D eigenvalue weighted by atomic mass is 10.2. The molecule has 0 bridgehead atoms. The third kappa shape index (κ3) is 5.24. The summed E-state index contributed by atoms with van der Waals surface area (Å²) < 4.78 is 5.48. The molecule has 1 N–H and O–H groups in total. The van der Waals surface area contributed by atoms with Crippen LogP contribution in [0.15, 0.2) is 41.0 Å². The second kappa shape index (κ2) is 8.75. The molecule has 0 radical (unpaired) electrons. The van der Waals surface area contributed by atoms with Crippen molar-refractivity contribution in [1.82, 2.24) is 4.90 Å². The standard InChI is InChI=1S/C19H22Cl2N2O2/c20-14-7-8-17(21)18(12-14)22-19(24)9-10-23(15-4-1-2-5-15)13-16-6-3-11-25-16/h3,6-8,11-12,15H,1-2,4-5,9-10,13H2,(H,22,24). The van der Waals surface area contributed by atoms with E-state index in [1.165, 1.54) is 25.7 Å². The Morgan fingerprint density at radius 1 is 1.24 bits per heavy atom. The third-order valence-corrected chi connectivity index (χ3v) is 5.17. The SMILES string of the molecule is O=C(CCN(Cc1ccco1)C1CCCC1)Nc1cc(Cl)ccc1Cl. The molecule has 1 amide bonds. The lowest BCUT2D eigenvalue weighted by Gasteiger charge is -2.27. The number of rotatable bonds is 7.